The molecule has 180 valence electrons. The van der Waals surface area contributed by atoms with E-state index in [9.17, 15) is 9.18 Å². The average Bonchev–Trinajstić information content (AvgIpc) is 3.20. The Bertz CT molecular complexity index is 1140. The molecule has 2 aromatic carbocycles. The molecule has 0 radical (unpaired) electrons. The Morgan fingerprint density at radius 1 is 1.21 bits per heavy atom. The molecule has 2 saturated heterocycles. The van der Waals surface area contributed by atoms with Gasteiger partial charge in [-0.05, 0) is 75.1 Å². The van der Waals surface area contributed by atoms with E-state index in [0.29, 0.717) is 32.7 Å². The highest BCUT2D eigenvalue weighted by Gasteiger charge is 2.43. The molecule has 0 unspecified atom stereocenters. The standard InChI is InChI=1S/C27H33FN4O2/c1-31-10-8-27(9-11-31,16-20-4-2-6-23(28)15-20)26(33)32-12-13-34-19-21(18-32)14-22-5-3-7-25-24(22)17-29-30-25/h2-7,15,17,21H,8-14,16,18-19H2,1H3,(H,29,30)/t21-/m1/s1. The zero-order valence-corrected chi connectivity index (χ0v) is 19.8. The second-order valence-corrected chi connectivity index (χ2v) is 10.0. The number of H-pyrrole nitrogens is 1. The van der Waals surface area contributed by atoms with Crippen LogP contribution in [0, 0.1) is 17.2 Å². The van der Waals surface area contributed by atoms with E-state index in [2.05, 4.69) is 28.2 Å². The third-order valence-electron chi connectivity index (χ3n) is 7.54. The number of halogens is 1. The van der Waals surface area contributed by atoms with Gasteiger partial charge in [0, 0.05) is 24.4 Å². The van der Waals surface area contributed by atoms with Crippen molar-refractivity contribution in [2.24, 2.45) is 11.3 Å². The van der Waals surface area contributed by atoms with Gasteiger partial charge in [-0.2, -0.15) is 5.10 Å². The van der Waals surface area contributed by atoms with Crippen LogP contribution in [0.1, 0.15) is 24.0 Å². The van der Waals surface area contributed by atoms with Gasteiger partial charge in [0.25, 0.3) is 0 Å². The number of hydrogen-bond acceptors (Lipinski definition) is 4. The fraction of sp³-hybridized carbons (Fsp3) is 0.481. The monoisotopic (exact) mass is 464 g/mol. The van der Waals surface area contributed by atoms with Crippen molar-refractivity contribution in [1.29, 1.82) is 0 Å². The summed E-state index contributed by atoms with van der Waals surface area (Å²) < 4.78 is 19.9. The van der Waals surface area contributed by atoms with Crippen LogP contribution in [0.15, 0.2) is 48.7 Å². The van der Waals surface area contributed by atoms with Gasteiger partial charge in [0.2, 0.25) is 5.91 Å². The molecule has 3 aromatic rings. The number of fused-ring (bicyclic) bond motifs is 1. The number of benzene rings is 2. The zero-order valence-electron chi connectivity index (χ0n) is 19.8. The summed E-state index contributed by atoms with van der Waals surface area (Å²) in [5, 5.41) is 8.35. The van der Waals surface area contributed by atoms with Crippen LogP contribution >= 0.6 is 0 Å². The van der Waals surface area contributed by atoms with Crippen molar-refractivity contribution in [3.63, 3.8) is 0 Å². The fourth-order valence-electron chi connectivity index (χ4n) is 5.59. The molecular formula is C27H33FN4O2. The summed E-state index contributed by atoms with van der Waals surface area (Å²) in [5.41, 5.74) is 2.65. The number of aromatic nitrogens is 2. The SMILES string of the molecule is CN1CCC(Cc2cccc(F)c2)(C(=O)N2CCOC[C@H](Cc3cccc4[nH]ncc34)C2)CC1. The Balaban J connectivity index is 1.37. The predicted molar refractivity (Wildman–Crippen MR) is 130 cm³/mol. The lowest BCUT2D eigenvalue weighted by Crippen LogP contribution is -2.52. The van der Waals surface area contributed by atoms with E-state index < -0.39 is 5.41 Å². The fourth-order valence-corrected chi connectivity index (χ4v) is 5.59. The first-order valence-corrected chi connectivity index (χ1v) is 12.2. The largest absolute Gasteiger partial charge is 0.379 e. The molecule has 1 N–H and O–H groups in total. The topological polar surface area (TPSA) is 61.5 Å². The minimum Gasteiger partial charge on any atom is -0.379 e. The van der Waals surface area contributed by atoms with Crippen LogP contribution in [-0.4, -0.2) is 72.3 Å². The van der Waals surface area contributed by atoms with E-state index >= 15 is 0 Å². The number of ether oxygens (including phenoxy) is 1. The van der Waals surface area contributed by atoms with E-state index in [1.165, 1.54) is 11.6 Å². The van der Waals surface area contributed by atoms with Crippen molar-refractivity contribution < 1.29 is 13.9 Å². The highest BCUT2D eigenvalue weighted by Crippen LogP contribution is 2.38. The van der Waals surface area contributed by atoms with Crippen molar-refractivity contribution in [3.8, 4) is 0 Å². The number of nitrogens with zero attached hydrogens (tertiary/aromatic N) is 3. The number of likely N-dealkylation sites (tertiary alicyclic amines) is 1. The summed E-state index contributed by atoms with van der Waals surface area (Å²) in [5.74, 6) is 0.163. The second kappa shape index (κ2) is 9.84. The highest BCUT2D eigenvalue weighted by atomic mass is 19.1. The molecule has 1 aromatic heterocycles. The van der Waals surface area contributed by atoms with Crippen LogP contribution in [0.3, 0.4) is 0 Å². The number of amides is 1. The molecule has 2 aliphatic heterocycles. The second-order valence-electron chi connectivity index (χ2n) is 10.0. The first kappa shape index (κ1) is 23.0. The van der Waals surface area contributed by atoms with Gasteiger partial charge in [-0.1, -0.05) is 24.3 Å². The number of piperidine rings is 1. The summed E-state index contributed by atoms with van der Waals surface area (Å²) in [6.45, 7) is 4.21. The van der Waals surface area contributed by atoms with Crippen LogP contribution in [0.2, 0.25) is 0 Å². The van der Waals surface area contributed by atoms with Crippen LogP contribution in [0.4, 0.5) is 4.39 Å². The third-order valence-corrected chi connectivity index (χ3v) is 7.54. The lowest BCUT2D eigenvalue weighted by molar-refractivity contribution is -0.145. The summed E-state index contributed by atoms with van der Waals surface area (Å²) in [6.07, 6.45) is 4.86. The predicted octanol–water partition coefficient (Wildman–Crippen LogP) is 3.67. The van der Waals surface area contributed by atoms with Crippen LogP contribution in [0.25, 0.3) is 10.9 Å². The molecule has 0 aliphatic carbocycles. The van der Waals surface area contributed by atoms with Gasteiger partial charge in [0.05, 0.1) is 30.3 Å². The maximum atomic E-state index is 14.1. The molecule has 0 spiro atoms. The molecule has 2 fully saturated rings. The van der Waals surface area contributed by atoms with E-state index in [-0.39, 0.29) is 17.6 Å². The Kier molecular flexibility index (Phi) is 6.66. The number of hydrogen-bond donors (Lipinski definition) is 1. The van der Waals surface area contributed by atoms with E-state index in [0.717, 1.165) is 48.8 Å². The number of aromatic amines is 1. The number of carbonyl (C=O) groups is 1. The van der Waals surface area contributed by atoms with Gasteiger partial charge in [-0.25, -0.2) is 4.39 Å². The average molecular weight is 465 g/mol. The van der Waals surface area contributed by atoms with Gasteiger partial charge in [-0.15, -0.1) is 0 Å². The molecule has 1 atom stereocenters. The molecule has 5 rings (SSSR count). The first-order chi connectivity index (χ1) is 16.5. The van der Waals surface area contributed by atoms with Crippen LogP contribution < -0.4 is 0 Å². The summed E-state index contributed by atoms with van der Waals surface area (Å²) in [6, 6.07) is 12.9. The zero-order chi connectivity index (χ0) is 23.5. The molecule has 6 nitrogen and oxygen atoms in total. The van der Waals surface area contributed by atoms with Crippen molar-refractivity contribution >= 4 is 16.8 Å². The van der Waals surface area contributed by atoms with E-state index in [1.54, 1.807) is 12.1 Å². The van der Waals surface area contributed by atoms with Crippen molar-refractivity contribution in [3.05, 3.63) is 65.6 Å². The van der Waals surface area contributed by atoms with Crippen molar-refractivity contribution in [2.45, 2.75) is 25.7 Å². The summed E-state index contributed by atoms with van der Waals surface area (Å²) in [4.78, 5) is 18.4. The molecule has 0 saturated carbocycles. The molecule has 1 amide bonds. The highest BCUT2D eigenvalue weighted by molar-refractivity contribution is 5.84. The number of carbonyl (C=O) groups excluding carboxylic acids is 1. The van der Waals surface area contributed by atoms with Crippen molar-refractivity contribution in [2.75, 3.05) is 46.4 Å². The quantitative estimate of drug-likeness (QED) is 0.626. The minimum atomic E-state index is -0.500. The van der Waals surface area contributed by atoms with Gasteiger partial charge >= 0.3 is 0 Å². The number of nitrogens with one attached hydrogen (secondary N) is 1. The first-order valence-electron chi connectivity index (χ1n) is 12.2. The lowest BCUT2D eigenvalue weighted by Gasteiger charge is -2.42. The van der Waals surface area contributed by atoms with Crippen molar-refractivity contribution in [1.82, 2.24) is 20.0 Å². The normalized spacial score (nSPS) is 21.5. The Morgan fingerprint density at radius 2 is 2.03 bits per heavy atom. The van der Waals surface area contributed by atoms with Gasteiger partial charge in [0.1, 0.15) is 5.82 Å². The van der Waals surface area contributed by atoms with Gasteiger partial charge in [-0.3, -0.25) is 9.89 Å². The Labute approximate surface area is 200 Å². The molecule has 0 bridgehead atoms. The van der Waals surface area contributed by atoms with Crippen LogP contribution in [-0.2, 0) is 22.4 Å². The molecule has 34 heavy (non-hydrogen) atoms. The smallest absolute Gasteiger partial charge is 0.229 e. The van der Waals surface area contributed by atoms with Gasteiger partial charge < -0.3 is 14.5 Å². The summed E-state index contributed by atoms with van der Waals surface area (Å²) in [7, 11) is 2.10. The lowest BCUT2D eigenvalue weighted by atomic mass is 9.72. The maximum Gasteiger partial charge on any atom is 0.229 e. The maximum absolute atomic E-state index is 14.1. The third kappa shape index (κ3) is 4.86. The summed E-state index contributed by atoms with van der Waals surface area (Å²) >= 11 is 0. The Morgan fingerprint density at radius 3 is 2.85 bits per heavy atom. The van der Waals surface area contributed by atoms with E-state index in [4.69, 9.17) is 4.74 Å². The molecule has 2 aliphatic rings. The Hall–Kier alpha value is -2.77. The van der Waals surface area contributed by atoms with Gasteiger partial charge in [0.15, 0.2) is 0 Å². The molecule has 7 heteroatoms. The van der Waals surface area contributed by atoms with E-state index in [1.807, 2.05) is 29.3 Å². The molecular weight excluding hydrogens is 431 g/mol. The minimum absolute atomic E-state index is 0.196. The molecule has 3 heterocycles. The number of rotatable bonds is 5. The van der Waals surface area contributed by atoms with Crippen LogP contribution in [0.5, 0.6) is 0 Å².